The minimum atomic E-state index is -0.378. The Hall–Kier alpha value is -3.35. The quantitative estimate of drug-likeness (QED) is 0.609. The number of anilines is 1. The number of benzene rings is 2. The summed E-state index contributed by atoms with van der Waals surface area (Å²) in [5.74, 6) is 1.38. The summed E-state index contributed by atoms with van der Waals surface area (Å²) in [6.07, 6.45) is 1.51. The van der Waals surface area contributed by atoms with Crippen molar-refractivity contribution in [3.63, 3.8) is 0 Å². The van der Waals surface area contributed by atoms with Gasteiger partial charge in [-0.3, -0.25) is 10.1 Å². The van der Waals surface area contributed by atoms with Gasteiger partial charge in [0.25, 0.3) is 5.91 Å². The zero-order chi connectivity index (χ0) is 19.8. The largest absolute Gasteiger partial charge is 0.494 e. The number of rotatable bonds is 9. The number of hydrogen-bond donors (Lipinski definition) is 1. The maximum atomic E-state index is 12.0. The molecule has 0 aliphatic carbocycles. The van der Waals surface area contributed by atoms with Gasteiger partial charge in [0.2, 0.25) is 5.89 Å². The minimum Gasteiger partial charge on any atom is -0.494 e. The summed E-state index contributed by atoms with van der Waals surface area (Å²) in [4.78, 5) is 12.0. The molecular formula is C21H23N3O4. The van der Waals surface area contributed by atoms with E-state index in [0.29, 0.717) is 24.7 Å². The van der Waals surface area contributed by atoms with Gasteiger partial charge in [0.15, 0.2) is 6.61 Å². The lowest BCUT2D eigenvalue weighted by atomic mass is 10.1. The number of carbonyl (C=O) groups excluding carboxylic acids is 1. The van der Waals surface area contributed by atoms with Gasteiger partial charge in [0, 0.05) is 0 Å². The first-order chi connectivity index (χ1) is 13.7. The van der Waals surface area contributed by atoms with E-state index in [1.807, 2.05) is 19.1 Å². The number of ether oxygens (including phenoxy) is 2. The first-order valence-electron chi connectivity index (χ1n) is 9.22. The van der Waals surface area contributed by atoms with Crippen LogP contribution < -0.4 is 14.8 Å². The summed E-state index contributed by atoms with van der Waals surface area (Å²) >= 11 is 0. The number of aryl methyl sites for hydroxylation is 1. The van der Waals surface area contributed by atoms with Gasteiger partial charge in [-0.25, -0.2) is 0 Å². The predicted molar refractivity (Wildman–Crippen MR) is 105 cm³/mol. The highest BCUT2D eigenvalue weighted by atomic mass is 16.5. The van der Waals surface area contributed by atoms with Gasteiger partial charge in [-0.2, -0.15) is 0 Å². The normalized spacial score (nSPS) is 10.5. The van der Waals surface area contributed by atoms with Crippen molar-refractivity contribution in [2.75, 3.05) is 18.5 Å². The molecule has 0 saturated carbocycles. The van der Waals surface area contributed by atoms with E-state index >= 15 is 0 Å². The maximum Gasteiger partial charge on any atom is 0.322 e. The number of nitrogens with zero attached hydrogens (tertiary/aromatic N) is 2. The fourth-order valence-corrected chi connectivity index (χ4v) is 2.55. The van der Waals surface area contributed by atoms with Crippen molar-refractivity contribution in [3.05, 3.63) is 65.5 Å². The number of aromatic nitrogens is 2. The second kappa shape index (κ2) is 9.55. The summed E-state index contributed by atoms with van der Waals surface area (Å²) in [6, 6.07) is 15.3. The van der Waals surface area contributed by atoms with Crippen LogP contribution in [0, 0.1) is 0 Å². The van der Waals surface area contributed by atoms with Crippen molar-refractivity contribution in [2.45, 2.75) is 26.7 Å². The van der Waals surface area contributed by atoms with Crippen molar-refractivity contribution in [3.8, 4) is 11.5 Å². The molecule has 1 aromatic heterocycles. The van der Waals surface area contributed by atoms with Gasteiger partial charge < -0.3 is 13.9 Å². The van der Waals surface area contributed by atoms with E-state index in [1.165, 1.54) is 5.56 Å². The Morgan fingerprint density at radius 3 is 2.21 bits per heavy atom. The molecule has 7 heteroatoms. The molecule has 0 aliphatic heterocycles. The van der Waals surface area contributed by atoms with E-state index in [4.69, 9.17) is 13.9 Å². The summed E-state index contributed by atoms with van der Waals surface area (Å²) in [5.41, 5.74) is 2.34. The molecule has 1 heterocycles. The van der Waals surface area contributed by atoms with Crippen LogP contribution in [0.4, 0.5) is 6.01 Å². The molecule has 1 N–H and O–H groups in total. The number of amides is 1. The molecular weight excluding hydrogens is 358 g/mol. The molecule has 0 aliphatic rings. The van der Waals surface area contributed by atoms with Gasteiger partial charge in [-0.05, 0) is 48.7 Å². The van der Waals surface area contributed by atoms with E-state index in [9.17, 15) is 4.79 Å². The molecule has 0 radical (unpaired) electrons. The van der Waals surface area contributed by atoms with E-state index in [1.54, 1.807) is 24.3 Å². The molecule has 3 aromatic rings. The lowest BCUT2D eigenvalue weighted by Crippen LogP contribution is -2.20. The Morgan fingerprint density at radius 1 is 0.929 bits per heavy atom. The molecule has 0 bridgehead atoms. The Bertz CT molecular complexity index is 889. The summed E-state index contributed by atoms with van der Waals surface area (Å²) in [5, 5.41) is 10.4. The third-order valence-electron chi connectivity index (χ3n) is 4.00. The van der Waals surface area contributed by atoms with Gasteiger partial charge in [0.05, 0.1) is 13.0 Å². The van der Waals surface area contributed by atoms with Gasteiger partial charge in [0.1, 0.15) is 11.5 Å². The fraction of sp³-hybridized carbons (Fsp3) is 0.286. The predicted octanol–water partition coefficient (Wildman–Crippen LogP) is 3.64. The van der Waals surface area contributed by atoms with Crippen molar-refractivity contribution >= 4 is 11.9 Å². The lowest BCUT2D eigenvalue weighted by molar-refractivity contribution is -0.118. The summed E-state index contributed by atoms with van der Waals surface area (Å²) < 4.78 is 16.3. The van der Waals surface area contributed by atoms with Crippen LogP contribution in [0.2, 0.25) is 0 Å². The molecule has 7 nitrogen and oxygen atoms in total. The molecule has 2 aromatic carbocycles. The summed E-state index contributed by atoms with van der Waals surface area (Å²) in [7, 11) is 0. The smallest absolute Gasteiger partial charge is 0.322 e. The van der Waals surface area contributed by atoms with Crippen LogP contribution in [0.5, 0.6) is 11.5 Å². The van der Waals surface area contributed by atoms with E-state index in [2.05, 4.69) is 34.6 Å². The highest BCUT2D eigenvalue weighted by Gasteiger charge is 2.11. The zero-order valence-electron chi connectivity index (χ0n) is 16.0. The number of hydrogen-bond acceptors (Lipinski definition) is 6. The molecule has 1 amide bonds. The molecule has 146 valence electrons. The van der Waals surface area contributed by atoms with Crippen LogP contribution in [-0.4, -0.2) is 29.3 Å². The molecule has 0 saturated heterocycles. The highest BCUT2D eigenvalue weighted by molar-refractivity contribution is 5.89. The third-order valence-corrected chi connectivity index (χ3v) is 4.00. The van der Waals surface area contributed by atoms with Crippen LogP contribution in [0.15, 0.2) is 52.9 Å². The van der Waals surface area contributed by atoms with Crippen molar-refractivity contribution in [1.29, 1.82) is 0 Å². The first-order valence-corrected chi connectivity index (χ1v) is 9.22. The molecule has 0 spiro atoms. The van der Waals surface area contributed by atoms with Gasteiger partial charge in [-0.15, -0.1) is 5.10 Å². The Labute approximate surface area is 163 Å². The van der Waals surface area contributed by atoms with Crippen molar-refractivity contribution in [1.82, 2.24) is 10.2 Å². The topological polar surface area (TPSA) is 86.5 Å². The van der Waals surface area contributed by atoms with E-state index < -0.39 is 0 Å². The zero-order valence-corrected chi connectivity index (χ0v) is 16.0. The SMILES string of the molecule is CCOc1ccc(OCC(=O)Nc2nnc(Cc3ccc(CC)cc3)o2)cc1. The first kappa shape index (κ1) is 19.4. The second-order valence-electron chi connectivity index (χ2n) is 6.09. The van der Waals surface area contributed by atoms with Crippen LogP contribution in [-0.2, 0) is 17.6 Å². The minimum absolute atomic E-state index is 0.0560. The molecule has 0 fully saturated rings. The van der Waals surface area contributed by atoms with Crippen LogP contribution in [0.25, 0.3) is 0 Å². The van der Waals surface area contributed by atoms with Crippen LogP contribution in [0.3, 0.4) is 0 Å². The molecule has 0 atom stereocenters. The standard InChI is InChI=1S/C21H23N3O4/c1-3-15-5-7-16(8-6-15)13-20-23-24-21(28-20)22-19(25)14-27-18-11-9-17(10-12-18)26-4-2/h5-12H,3-4,13-14H2,1-2H3,(H,22,24,25). The van der Waals surface area contributed by atoms with Crippen molar-refractivity contribution < 1.29 is 18.7 Å². The van der Waals surface area contributed by atoms with Crippen molar-refractivity contribution in [2.24, 2.45) is 0 Å². The van der Waals surface area contributed by atoms with E-state index in [-0.39, 0.29) is 18.5 Å². The number of carbonyl (C=O) groups is 1. The third kappa shape index (κ3) is 5.57. The van der Waals surface area contributed by atoms with Gasteiger partial charge >= 0.3 is 6.01 Å². The van der Waals surface area contributed by atoms with Crippen LogP contribution in [0.1, 0.15) is 30.9 Å². The lowest BCUT2D eigenvalue weighted by Gasteiger charge is -2.07. The monoisotopic (exact) mass is 381 g/mol. The Balaban J connectivity index is 1.47. The molecule has 3 rings (SSSR count). The number of nitrogens with one attached hydrogen (secondary N) is 1. The van der Waals surface area contributed by atoms with Gasteiger partial charge in [-0.1, -0.05) is 36.3 Å². The Kier molecular flexibility index (Phi) is 6.62. The molecule has 28 heavy (non-hydrogen) atoms. The van der Waals surface area contributed by atoms with Crippen LogP contribution >= 0.6 is 0 Å². The maximum absolute atomic E-state index is 12.0. The second-order valence-corrected chi connectivity index (χ2v) is 6.09. The fourth-order valence-electron chi connectivity index (χ4n) is 2.55. The Morgan fingerprint density at radius 2 is 1.57 bits per heavy atom. The highest BCUT2D eigenvalue weighted by Crippen LogP contribution is 2.17. The average Bonchev–Trinajstić information content (AvgIpc) is 3.15. The summed E-state index contributed by atoms with van der Waals surface area (Å²) in [6.45, 7) is 4.46. The van der Waals surface area contributed by atoms with E-state index in [0.717, 1.165) is 17.7 Å². The molecule has 0 unspecified atom stereocenters. The average molecular weight is 381 g/mol.